The largest absolute Gasteiger partial charge is 0.375 e. The Morgan fingerprint density at radius 3 is 2.36 bits per heavy atom. The lowest BCUT2D eigenvalue weighted by molar-refractivity contribution is 0.0901. The van der Waals surface area contributed by atoms with Crippen LogP contribution < -0.4 is 9.62 Å². The molecule has 3 aromatic rings. The van der Waals surface area contributed by atoms with Crippen molar-refractivity contribution in [3.05, 3.63) is 95.6 Å². The number of benzene rings is 3. The average Bonchev–Trinajstić information content (AvgIpc) is 2.82. The summed E-state index contributed by atoms with van der Waals surface area (Å²) in [6.45, 7) is 1.51. The number of rotatable bonds is 11. The quantitative estimate of drug-likeness (QED) is 0.324. The molecule has 1 N–H and O–H groups in total. The molecule has 0 fully saturated rings. The second-order valence-electron chi connectivity index (χ2n) is 7.46. The third kappa shape index (κ3) is 7.63. The van der Waals surface area contributed by atoms with Gasteiger partial charge < -0.3 is 10.1 Å². The Labute approximate surface area is 200 Å². The highest BCUT2D eigenvalue weighted by molar-refractivity contribution is 7.98. The first-order valence-electron chi connectivity index (χ1n) is 10.5. The molecule has 3 rings (SSSR count). The van der Waals surface area contributed by atoms with E-state index in [2.05, 4.69) is 5.32 Å². The van der Waals surface area contributed by atoms with Gasteiger partial charge in [-0.05, 0) is 47.7 Å². The number of ether oxygens (including phenoxy) is 1. The van der Waals surface area contributed by atoms with Crippen LogP contribution in [-0.2, 0) is 27.9 Å². The molecule has 0 atom stereocenters. The standard InChI is InChI=1S/C25H28N2O4S2/c1-32-24-10-6-9-23(17-24)27(33(2,29)30)18-20-11-13-22(14-12-20)25(28)26-15-16-31-19-21-7-4-3-5-8-21/h3-14,17H,15-16,18-19H2,1-2H3,(H,26,28). The second kappa shape index (κ2) is 11.9. The Morgan fingerprint density at radius 2 is 1.70 bits per heavy atom. The van der Waals surface area contributed by atoms with E-state index < -0.39 is 10.0 Å². The molecule has 0 unspecified atom stereocenters. The zero-order valence-electron chi connectivity index (χ0n) is 18.7. The third-order valence-corrected chi connectivity index (χ3v) is 6.79. The Bertz CT molecular complexity index is 1150. The lowest BCUT2D eigenvalue weighted by atomic mass is 10.1. The van der Waals surface area contributed by atoms with Crippen LogP contribution >= 0.6 is 11.8 Å². The number of hydrogen-bond acceptors (Lipinski definition) is 5. The molecular weight excluding hydrogens is 456 g/mol. The summed E-state index contributed by atoms with van der Waals surface area (Å²) in [5.41, 5.74) is 3.00. The van der Waals surface area contributed by atoms with Crippen LogP contribution in [0.5, 0.6) is 0 Å². The number of carbonyl (C=O) groups is 1. The maximum absolute atomic E-state index is 12.4. The molecule has 3 aromatic carbocycles. The fourth-order valence-electron chi connectivity index (χ4n) is 3.20. The van der Waals surface area contributed by atoms with Crippen LogP contribution in [0.2, 0.25) is 0 Å². The molecule has 0 spiro atoms. The number of thioether (sulfide) groups is 1. The van der Waals surface area contributed by atoms with Gasteiger partial charge in [-0.15, -0.1) is 11.8 Å². The number of hydrogen-bond donors (Lipinski definition) is 1. The van der Waals surface area contributed by atoms with Gasteiger partial charge in [0.1, 0.15) is 0 Å². The molecular formula is C25H28N2O4S2. The molecule has 174 valence electrons. The van der Waals surface area contributed by atoms with Crippen LogP contribution in [0.1, 0.15) is 21.5 Å². The molecule has 1 amide bonds. The molecule has 0 aliphatic heterocycles. The summed E-state index contributed by atoms with van der Waals surface area (Å²) in [4.78, 5) is 13.4. The molecule has 33 heavy (non-hydrogen) atoms. The summed E-state index contributed by atoms with van der Waals surface area (Å²) in [6.07, 6.45) is 3.14. The predicted octanol–water partition coefficient (Wildman–Crippen LogP) is 4.32. The van der Waals surface area contributed by atoms with Crippen molar-refractivity contribution in [2.24, 2.45) is 0 Å². The zero-order valence-corrected chi connectivity index (χ0v) is 20.4. The number of carbonyl (C=O) groups excluding carboxylic acids is 1. The molecule has 0 aromatic heterocycles. The van der Waals surface area contributed by atoms with Gasteiger partial charge in [-0.25, -0.2) is 8.42 Å². The fourth-order valence-corrected chi connectivity index (χ4v) is 4.53. The molecule has 0 radical (unpaired) electrons. The van der Waals surface area contributed by atoms with Gasteiger partial charge in [0.05, 0.1) is 31.7 Å². The van der Waals surface area contributed by atoms with Crippen molar-refractivity contribution in [3.8, 4) is 0 Å². The summed E-state index contributed by atoms with van der Waals surface area (Å²) in [5, 5.41) is 2.84. The van der Waals surface area contributed by atoms with Crippen molar-refractivity contribution in [1.29, 1.82) is 0 Å². The Balaban J connectivity index is 1.55. The number of nitrogens with one attached hydrogen (secondary N) is 1. The van der Waals surface area contributed by atoms with Gasteiger partial charge in [0.15, 0.2) is 0 Å². The van der Waals surface area contributed by atoms with Gasteiger partial charge in [0.2, 0.25) is 10.0 Å². The van der Waals surface area contributed by atoms with E-state index in [1.807, 2.05) is 54.8 Å². The van der Waals surface area contributed by atoms with Crippen LogP contribution in [0.4, 0.5) is 5.69 Å². The molecule has 0 aliphatic carbocycles. The SMILES string of the molecule is CSc1cccc(N(Cc2ccc(C(=O)NCCOCc3ccccc3)cc2)S(C)(=O)=O)c1. The van der Waals surface area contributed by atoms with Crippen LogP contribution in [0.25, 0.3) is 0 Å². The number of sulfonamides is 1. The maximum atomic E-state index is 12.4. The van der Waals surface area contributed by atoms with Crippen molar-refractivity contribution in [3.63, 3.8) is 0 Å². The van der Waals surface area contributed by atoms with E-state index in [0.29, 0.717) is 31.0 Å². The molecule has 0 bridgehead atoms. The minimum Gasteiger partial charge on any atom is -0.375 e. The van der Waals surface area contributed by atoms with Gasteiger partial charge >= 0.3 is 0 Å². The van der Waals surface area contributed by atoms with Crippen molar-refractivity contribution in [2.75, 3.05) is 30.0 Å². The maximum Gasteiger partial charge on any atom is 0.251 e. The van der Waals surface area contributed by atoms with Crippen molar-refractivity contribution in [1.82, 2.24) is 5.32 Å². The summed E-state index contributed by atoms with van der Waals surface area (Å²) < 4.78 is 31.8. The topological polar surface area (TPSA) is 75.7 Å². The van der Waals surface area contributed by atoms with E-state index in [4.69, 9.17) is 4.74 Å². The molecule has 0 heterocycles. The summed E-state index contributed by atoms with van der Waals surface area (Å²) in [7, 11) is -3.47. The summed E-state index contributed by atoms with van der Waals surface area (Å²) >= 11 is 1.56. The average molecular weight is 485 g/mol. The predicted molar refractivity (Wildman–Crippen MR) is 134 cm³/mol. The smallest absolute Gasteiger partial charge is 0.251 e. The highest BCUT2D eigenvalue weighted by Crippen LogP contribution is 2.25. The van der Waals surface area contributed by atoms with E-state index in [1.54, 1.807) is 42.1 Å². The van der Waals surface area contributed by atoms with Crippen LogP contribution in [0, 0.1) is 0 Å². The van der Waals surface area contributed by atoms with Crippen LogP contribution in [-0.4, -0.2) is 40.0 Å². The van der Waals surface area contributed by atoms with Gasteiger partial charge in [-0.3, -0.25) is 9.10 Å². The summed E-state index contributed by atoms with van der Waals surface area (Å²) in [6, 6.07) is 24.2. The van der Waals surface area contributed by atoms with Gasteiger partial charge in [-0.2, -0.15) is 0 Å². The lowest BCUT2D eigenvalue weighted by Gasteiger charge is -2.23. The second-order valence-corrected chi connectivity index (χ2v) is 10.2. The molecule has 0 saturated heterocycles. The minimum absolute atomic E-state index is 0.186. The van der Waals surface area contributed by atoms with E-state index >= 15 is 0 Å². The number of nitrogens with zero attached hydrogens (tertiary/aromatic N) is 1. The van der Waals surface area contributed by atoms with E-state index in [0.717, 1.165) is 16.0 Å². The first-order valence-corrected chi connectivity index (χ1v) is 13.5. The molecule has 0 aliphatic rings. The van der Waals surface area contributed by atoms with E-state index in [1.165, 1.54) is 10.6 Å². The normalized spacial score (nSPS) is 11.2. The first kappa shape index (κ1) is 24.8. The number of amides is 1. The van der Waals surface area contributed by atoms with Crippen LogP contribution in [0.3, 0.4) is 0 Å². The summed E-state index contributed by atoms with van der Waals surface area (Å²) in [5.74, 6) is -0.197. The Kier molecular flexibility index (Phi) is 8.94. The fraction of sp³-hybridized carbons (Fsp3) is 0.240. The molecule has 6 nitrogen and oxygen atoms in total. The van der Waals surface area contributed by atoms with Crippen molar-refractivity contribution < 1.29 is 17.9 Å². The van der Waals surface area contributed by atoms with Crippen molar-refractivity contribution >= 4 is 33.4 Å². The van der Waals surface area contributed by atoms with Crippen LogP contribution in [0.15, 0.2) is 83.8 Å². The highest BCUT2D eigenvalue weighted by Gasteiger charge is 2.18. The van der Waals surface area contributed by atoms with Gasteiger partial charge in [0.25, 0.3) is 5.91 Å². The molecule has 8 heteroatoms. The van der Waals surface area contributed by atoms with E-state index in [-0.39, 0.29) is 12.5 Å². The first-order chi connectivity index (χ1) is 15.9. The minimum atomic E-state index is -3.47. The van der Waals surface area contributed by atoms with E-state index in [9.17, 15) is 13.2 Å². The highest BCUT2D eigenvalue weighted by atomic mass is 32.2. The van der Waals surface area contributed by atoms with Gasteiger partial charge in [-0.1, -0.05) is 48.5 Å². The third-order valence-electron chi connectivity index (χ3n) is 4.93. The number of anilines is 1. The monoisotopic (exact) mass is 484 g/mol. The lowest BCUT2D eigenvalue weighted by Crippen LogP contribution is -2.29. The zero-order chi connectivity index (χ0) is 23.7. The van der Waals surface area contributed by atoms with Gasteiger partial charge in [0, 0.05) is 17.0 Å². The Morgan fingerprint density at radius 1 is 0.970 bits per heavy atom. The Hall–Kier alpha value is -2.81. The van der Waals surface area contributed by atoms with Crippen molar-refractivity contribution in [2.45, 2.75) is 18.0 Å². The molecule has 0 saturated carbocycles.